The van der Waals surface area contributed by atoms with E-state index in [1.165, 1.54) is 5.56 Å². The van der Waals surface area contributed by atoms with Crippen molar-refractivity contribution in [3.8, 4) is 11.4 Å². The van der Waals surface area contributed by atoms with Crippen molar-refractivity contribution in [2.45, 2.75) is 19.8 Å². The molecule has 0 bridgehead atoms. The molecule has 3 N–H and O–H groups in total. The summed E-state index contributed by atoms with van der Waals surface area (Å²) in [7, 11) is 0. The fourth-order valence-electron chi connectivity index (χ4n) is 2.34. The van der Waals surface area contributed by atoms with E-state index in [1.54, 1.807) is 0 Å². The van der Waals surface area contributed by atoms with Crippen LogP contribution < -0.4 is 5.73 Å². The van der Waals surface area contributed by atoms with E-state index in [2.05, 4.69) is 37.0 Å². The number of H-pyrrole nitrogens is 1. The van der Waals surface area contributed by atoms with Crippen molar-refractivity contribution in [1.82, 2.24) is 9.97 Å². The Labute approximate surface area is 112 Å². The number of fused-ring (bicyclic) bond motifs is 1. The molecule has 1 heterocycles. The first-order valence-electron chi connectivity index (χ1n) is 6.49. The first kappa shape index (κ1) is 11.8. The molecule has 2 aromatic carbocycles. The highest BCUT2D eigenvalue weighted by molar-refractivity contribution is 5.83. The quantitative estimate of drug-likeness (QED) is 0.678. The van der Waals surface area contributed by atoms with E-state index >= 15 is 0 Å². The summed E-state index contributed by atoms with van der Waals surface area (Å²) < 4.78 is 0. The second kappa shape index (κ2) is 4.43. The van der Waals surface area contributed by atoms with Gasteiger partial charge in [0.2, 0.25) is 0 Å². The molecule has 0 radical (unpaired) electrons. The maximum Gasteiger partial charge on any atom is 0.138 e. The summed E-state index contributed by atoms with van der Waals surface area (Å²) in [6.45, 7) is 4.37. The highest BCUT2D eigenvalue weighted by Crippen LogP contribution is 2.27. The monoisotopic (exact) mass is 251 g/mol. The number of aromatic amines is 1. The van der Waals surface area contributed by atoms with Crippen LogP contribution in [0.4, 0.5) is 5.69 Å². The molecule has 3 aromatic rings. The minimum atomic E-state index is 0.459. The fourth-order valence-corrected chi connectivity index (χ4v) is 2.34. The zero-order valence-electron chi connectivity index (χ0n) is 11.1. The number of para-hydroxylation sites is 1. The van der Waals surface area contributed by atoms with Gasteiger partial charge in [0.1, 0.15) is 5.82 Å². The second-order valence-corrected chi connectivity index (χ2v) is 5.11. The topological polar surface area (TPSA) is 54.7 Å². The van der Waals surface area contributed by atoms with Crippen LogP contribution in [0.3, 0.4) is 0 Å². The molecule has 0 atom stereocenters. The molecule has 0 unspecified atom stereocenters. The van der Waals surface area contributed by atoms with Gasteiger partial charge in [-0.15, -0.1) is 0 Å². The number of aromatic nitrogens is 2. The van der Waals surface area contributed by atoms with Crippen LogP contribution in [0.5, 0.6) is 0 Å². The normalized spacial score (nSPS) is 11.3. The summed E-state index contributed by atoms with van der Waals surface area (Å²) in [5, 5.41) is 0. The molecule has 3 rings (SSSR count). The Hall–Kier alpha value is -2.29. The van der Waals surface area contributed by atoms with E-state index in [1.807, 2.05) is 24.3 Å². The molecule has 3 heteroatoms. The van der Waals surface area contributed by atoms with Crippen LogP contribution in [-0.4, -0.2) is 9.97 Å². The largest absolute Gasteiger partial charge is 0.399 e. The molecule has 96 valence electrons. The molecule has 0 saturated heterocycles. The average molecular weight is 251 g/mol. The number of rotatable bonds is 2. The maximum atomic E-state index is 5.83. The Bertz CT molecular complexity index is 726. The lowest BCUT2D eigenvalue weighted by atomic mass is 10.0. The van der Waals surface area contributed by atoms with Crippen LogP contribution >= 0.6 is 0 Å². The number of hydrogen-bond donors (Lipinski definition) is 2. The molecule has 3 nitrogen and oxygen atoms in total. The number of nitrogen functional groups attached to an aromatic ring is 1. The maximum absolute atomic E-state index is 5.83. The first-order chi connectivity index (χ1) is 9.15. The van der Waals surface area contributed by atoms with Crippen molar-refractivity contribution >= 4 is 16.7 Å². The Balaban J connectivity index is 2.19. The molecular formula is C16H17N3. The third kappa shape index (κ3) is 2.08. The summed E-state index contributed by atoms with van der Waals surface area (Å²) in [6.07, 6.45) is 0. The van der Waals surface area contributed by atoms with E-state index in [9.17, 15) is 0 Å². The number of nitrogens with zero attached hydrogens (tertiary/aromatic N) is 1. The van der Waals surface area contributed by atoms with Crippen LogP contribution in [0.15, 0.2) is 42.5 Å². The number of hydrogen-bond acceptors (Lipinski definition) is 2. The molecule has 0 aliphatic heterocycles. The van der Waals surface area contributed by atoms with E-state index < -0.39 is 0 Å². The Morgan fingerprint density at radius 1 is 1.11 bits per heavy atom. The number of benzene rings is 2. The van der Waals surface area contributed by atoms with Gasteiger partial charge in [-0.1, -0.05) is 38.1 Å². The van der Waals surface area contributed by atoms with Gasteiger partial charge < -0.3 is 10.7 Å². The SMILES string of the molecule is CC(C)c1cccc2[nH]c(-c3cccc(N)c3)nc12. The van der Waals surface area contributed by atoms with Gasteiger partial charge in [-0.05, 0) is 29.7 Å². The molecule has 0 aliphatic rings. The van der Waals surface area contributed by atoms with Crippen LogP contribution in [0.2, 0.25) is 0 Å². The van der Waals surface area contributed by atoms with E-state index in [0.717, 1.165) is 28.1 Å². The smallest absolute Gasteiger partial charge is 0.138 e. The summed E-state index contributed by atoms with van der Waals surface area (Å²) in [6, 6.07) is 14.0. The molecule has 0 spiro atoms. The lowest BCUT2D eigenvalue weighted by Crippen LogP contribution is -1.88. The Morgan fingerprint density at radius 3 is 2.63 bits per heavy atom. The number of anilines is 1. The average Bonchev–Trinajstić information content (AvgIpc) is 2.82. The number of imidazole rings is 1. The third-order valence-electron chi connectivity index (χ3n) is 3.33. The van der Waals surface area contributed by atoms with Gasteiger partial charge >= 0.3 is 0 Å². The predicted molar refractivity (Wildman–Crippen MR) is 80.0 cm³/mol. The number of nitrogens with one attached hydrogen (secondary N) is 1. The Morgan fingerprint density at radius 2 is 1.89 bits per heavy atom. The van der Waals surface area contributed by atoms with Crippen LogP contribution in [0.1, 0.15) is 25.3 Å². The highest BCUT2D eigenvalue weighted by atomic mass is 14.9. The lowest BCUT2D eigenvalue weighted by molar-refractivity contribution is 0.874. The van der Waals surface area contributed by atoms with Crippen molar-refractivity contribution in [2.75, 3.05) is 5.73 Å². The summed E-state index contributed by atoms with van der Waals surface area (Å²) in [4.78, 5) is 8.10. The molecule has 0 amide bonds. The van der Waals surface area contributed by atoms with Crippen LogP contribution in [0, 0.1) is 0 Å². The second-order valence-electron chi connectivity index (χ2n) is 5.11. The van der Waals surface area contributed by atoms with Gasteiger partial charge in [-0.25, -0.2) is 4.98 Å². The van der Waals surface area contributed by atoms with Gasteiger partial charge in [0, 0.05) is 11.3 Å². The minimum absolute atomic E-state index is 0.459. The molecule has 1 aromatic heterocycles. The molecular weight excluding hydrogens is 234 g/mol. The molecule has 0 aliphatic carbocycles. The summed E-state index contributed by atoms with van der Waals surface area (Å²) in [5.41, 5.74) is 11.0. The van der Waals surface area contributed by atoms with Crippen molar-refractivity contribution in [2.24, 2.45) is 0 Å². The van der Waals surface area contributed by atoms with Gasteiger partial charge in [0.25, 0.3) is 0 Å². The third-order valence-corrected chi connectivity index (χ3v) is 3.33. The van der Waals surface area contributed by atoms with Crippen LogP contribution in [0.25, 0.3) is 22.4 Å². The zero-order chi connectivity index (χ0) is 13.4. The van der Waals surface area contributed by atoms with Crippen molar-refractivity contribution in [3.05, 3.63) is 48.0 Å². The lowest BCUT2D eigenvalue weighted by Gasteiger charge is -2.04. The van der Waals surface area contributed by atoms with E-state index in [0.29, 0.717) is 5.92 Å². The zero-order valence-corrected chi connectivity index (χ0v) is 11.1. The van der Waals surface area contributed by atoms with Crippen molar-refractivity contribution < 1.29 is 0 Å². The first-order valence-corrected chi connectivity index (χ1v) is 6.49. The molecule has 0 saturated carbocycles. The van der Waals surface area contributed by atoms with Crippen LogP contribution in [-0.2, 0) is 0 Å². The summed E-state index contributed by atoms with van der Waals surface area (Å²) >= 11 is 0. The Kier molecular flexibility index (Phi) is 2.75. The van der Waals surface area contributed by atoms with Gasteiger partial charge in [0.05, 0.1) is 11.0 Å². The molecule has 19 heavy (non-hydrogen) atoms. The minimum Gasteiger partial charge on any atom is -0.399 e. The van der Waals surface area contributed by atoms with Gasteiger partial charge in [-0.2, -0.15) is 0 Å². The summed E-state index contributed by atoms with van der Waals surface area (Å²) in [5.74, 6) is 1.33. The standard InChI is InChI=1S/C16H17N3/c1-10(2)13-7-4-8-14-15(13)19-16(18-14)11-5-3-6-12(17)9-11/h3-10H,17H2,1-2H3,(H,18,19). The highest BCUT2D eigenvalue weighted by Gasteiger charge is 2.10. The number of nitrogens with two attached hydrogens (primary N) is 1. The predicted octanol–water partition coefficient (Wildman–Crippen LogP) is 3.94. The van der Waals surface area contributed by atoms with Gasteiger partial charge in [0.15, 0.2) is 0 Å². The van der Waals surface area contributed by atoms with Crippen molar-refractivity contribution in [3.63, 3.8) is 0 Å². The van der Waals surface area contributed by atoms with E-state index in [4.69, 9.17) is 10.7 Å². The van der Waals surface area contributed by atoms with Gasteiger partial charge in [-0.3, -0.25) is 0 Å². The molecule has 0 fully saturated rings. The van der Waals surface area contributed by atoms with Crippen molar-refractivity contribution in [1.29, 1.82) is 0 Å². The fraction of sp³-hybridized carbons (Fsp3) is 0.188. The van der Waals surface area contributed by atoms with E-state index in [-0.39, 0.29) is 0 Å².